The second-order valence-electron chi connectivity index (χ2n) is 3.77. The number of imide groups is 1. The van der Waals surface area contributed by atoms with Crippen LogP contribution in [-0.4, -0.2) is 11.8 Å². The molecule has 0 fully saturated rings. The number of hydrogen-bond donors (Lipinski definition) is 1. The summed E-state index contributed by atoms with van der Waals surface area (Å²) in [7, 11) is 0. The Labute approximate surface area is 97.1 Å². The Bertz CT molecular complexity index is 556. The van der Waals surface area contributed by atoms with Crippen LogP contribution in [-0.2, 0) is 17.6 Å². The molecule has 1 N–H and O–H groups in total. The first-order chi connectivity index (χ1) is 8.11. The van der Waals surface area contributed by atoms with Crippen molar-refractivity contribution in [3.8, 4) is 0 Å². The average molecular weight is 233 g/mol. The molecule has 0 saturated carbocycles. The first kappa shape index (κ1) is 11.3. The molecular weight excluding hydrogens is 222 g/mol. The van der Waals surface area contributed by atoms with E-state index in [1.807, 2.05) is 0 Å². The molecule has 0 aliphatic carbocycles. The van der Waals surface area contributed by atoms with Gasteiger partial charge in [0, 0.05) is 6.07 Å². The standard InChI is InChI=1S/C12H11NO4/c1-2-3-4-7-5-10(15)17-8-6-9(14)13-12(16)11(7)8/h2,5H,1,3-4,6H2,(H,13,14,16). The van der Waals surface area contributed by atoms with Gasteiger partial charge in [0.15, 0.2) is 0 Å². The second-order valence-corrected chi connectivity index (χ2v) is 3.77. The van der Waals surface area contributed by atoms with Crippen molar-refractivity contribution in [3.63, 3.8) is 0 Å². The molecule has 17 heavy (non-hydrogen) atoms. The molecular formula is C12H11NO4. The molecule has 0 unspecified atom stereocenters. The third-order valence-corrected chi connectivity index (χ3v) is 2.53. The van der Waals surface area contributed by atoms with E-state index in [0.717, 1.165) is 0 Å². The molecule has 2 heterocycles. The highest BCUT2D eigenvalue weighted by molar-refractivity contribution is 6.09. The largest absolute Gasteiger partial charge is 0.426 e. The maximum Gasteiger partial charge on any atom is 0.336 e. The Kier molecular flexibility index (Phi) is 2.91. The van der Waals surface area contributed by atoms with Crippen molar-refractivity contribution >= 4 is 11.8 Å². The lowest BCUT2D eigenvalue weighted by atomic mass is 9.98. The third-order valence-electron chi connectivity index (χ3n) is 2.53. The zero-order valence-electron chi connectivity index (χ0n) is 9.12. The normalized spacial score (nSPS) is 14.1. The van der Waals surface area contributed by atoms with Crippen molar-refractivity contribution in [1.82, 2.24) is 5.32 Å². The van der Waals surface area contributed by atoms with Crippen LogP contribution in [0.3, 0.4) is 0 Å². The summed E-state index contributed by atoms with van der Waals surface area (Å²) in [5.74, 6) is -0.795. The molecule has 1 aromatic heterocycles. The predicted molar refractivity (Wildman–Crippen MR) is 59.7 cm³/mol. The van der Waals surface area contributed by atoms with Gasteiger partial charge in [-0.25, -0.2) is 4.79 Å². The number of rotatable bonds is 3. The summed E-state index contributed by atoms with van der Waals surface area (Å²) in [6.45, 7) is 3.59. The predicted octanol–water partition coefficient (Wildman–Crippen LogP) is 0.571. The lowest BCUT2D eigenvalue weighted by Gasteiger charge is -2.16. The SMILES string of the molecule is C=CCCc1cc(=O)oc2c1C(=O)NC(=O)C2. The summed E-state index contributed by atoms with van der Waals surface area (Å²) in [5, 5.41) is 2.21. The Morgan fingerprint density at radius 2 is 2.18 bits per heavy atom. The highest BCUT2D eigenvalue weighted by Crippen LogP contribution is 2.18. The number of fused-ring (bicyclic) bond motifs is 1. The topological polar surface area (TPSA) is 76.4 Å². The van der Waals surface area contributed by atoms with Crippen molar-refractivity contribution < 1.29 is 14.0 Å². The Hall–Kier alpha value is -2.17. The lowest BCUT2D eigenvalue weighted by Crippen LogP contribution is -2.38. The summed E-state index contributed by atoms with van der Waals surface area (Å²) in [6.07, 6.45) is 2.81. The fraction of sp³-hybridized carbons (Fsp3) is 0.250. The van der Waals surface area contributed by atoms with Gasteiger partial charge in [-0.2, -0.15) is 0 Å². The van der Waals surface area contributed by atoms with Crippen LogP contribution in [0.15, 0.2) is 27.9 Å². The fourth-order valence-corrected chi connectivity index (χ4v) is 1.83. The number of hydrogen-bond acceptors (Lipinski definition) is 4. The second kappa shape index (κ2) is 4.37. The van der Waals surface area contributed by atoms with E-state index in [9.17, 15) is 14.4 Å². The van der Waals surface area contributed by atoms with Gasteiger partial charge < -0.3 is 4.42 Å². The van der Waals surface area contributed by atoms with Gasteiger partial charge in [-0.1, -0.05) is 6.08 Å². The molecule has 0 aromatic carbocycles. The Morgan fingerprint density at radius 1 is 1.41 bits per heavy atom. The molecule has 2 rings (SSSR count). The third kappa shape index (κ3) is 2.18. The molecule has 1 aromatic rings. The van der Waals surface area contributed by atoms with Crippen LogP contribution in [0.4, 0.5) is 0 Å². The zero-order valence-corrected chi connectivity index (χ0v) is 9.12. The molecule has 1 aliphatic heterocycles. The van der Waals surface area contributed by atoms with E-state index in [1.54, 1.807) is 6.08 Å². The molecule has 2 amide bonds. The van der Waals surface area contributed by atoms with Crippen LogP contribution in [0.2, 0.25) is 0 Å². The van der Waals surface area contributed by atoms with Crippen molar-refractivity contribution in [2.24, 2.45) is 0 Å². The van der Waals surface area contributed by atoms with Gasteiger partial charge in [-0.05, 0) is 18.4 Å². The van der Waals surface area contributed by atoms with Gasteiger partial charge in [0.25, 0.3) is 5.91 Å². The minimum absolute atomic E-state index is 0.0712. The number of amides is 2. The van der Waals surface area contributed by atoms with E-state index in [1.165, 1.54) is 6.07 Å². The Balaban J connectivity index is 2.53. The van der Waals surface area contributed by atoms with Crippen molar-refractivity contribution in [3.05, 3.63) is 46.0 Å². The van der Waals surface area contributed by atoms with Crippen LogP contribution in [0.25, 0.3) is 0 Å². The van der Waals surface area contributed by atoms with Crippen molar-refractivity contribution in [2.75, 3.05) is 0 Å². The van der Waals surface area contributed by atoms with Crippen LogP contribution in [0.5, 0.6) is 0 Å². The van der Waals surface area contributed by atoms with Gasteiger partial charge in [0.2, 0.25) is 5.91 Å². The van der Waals surface area contributed by atoms with Crippen LogP contribution >= 0.6 is 0 Å². The summed E-state index contributed by atoms with van der Waals surface area (Å²) < 4.78 is 4.90. The first-order valence-electron chi connectivity index (χ1n) is 5.23. The number of carbonyl (C=O) groups is 2. The monoisotopic (exact) mass is 233 g/mol. The fourth-order valence-electron chi connectivity index (χ4n) is 1.83. The highest BCUT2D eigenvalue weighted by atomic mass is 16.4. The number of allylic oxidation sites excluding steroid dienone is 1. The van der Waals surface area contributed by atoms with Crippen LogP contribution < -0.4 is 10.9 Å². The van der Waals surface area contributed by atoms with Gasteiger partial charge in [0.1, 0.15) is 5.76 Å². The maximum atomic E-state index is 11.7. The lowest BCUT2D eigenvalue weighted by molar-refractivity contribution is -0.120. The first-order valence-corrected chi connectivity index (χ1v) is 5.23. The molecule has 0 saturated heterocycles. The van der Waals surface area contributed by atoms with E-state index in [4.69, 9.17) is 4.42 Å². The van der Waals surface area contributed by atoms with E-state index in [2.05, 4.69) is 11.9 Å². The molecule has 0 radical (unpaired) electrons. The van der Waals surface area contributed by atoms with E-state index >= 15 is 0 Å². The van der Waals surface area contributed by atoms with E-state index in [-0.39, 0.29) is 12.2 Å². The number of aryl methyl sites for hydroxylation is 1. The summed E-state index contributed by atoms with van der Waals surface area (Å²) in [6, 6.07) is 1.29. The molecule has 0 spiro atoms. The van der Waals surface area contributed by atoms with E-state index < -0.39 is 17.4 Å². The van der Waals surface area contributed by atoms with Gasteiger partial charge in [-0.3, -0.25) is 14.9 Å². The molecule has 5 heteroatoms. The van der Waals surface area contributed by atoms with Crippen molar-refractivity contribution in [2.45, 2.75) is 19.3 Å². The molecule has 5 nitrogen and oxygen atoms in total. The Morgan fingerprint density at radius 3 is 2.88 bits per heavy atom. The zero-order chi connectivity index (χ0) is 12.4. The van der Waals surface area contributed by atoms with Gasteiger partial charge in [-0.15, -0.1) is 6.58 Å². The number of carbonyl (C=O) groups excluding carboxylic acids is 2. The molecule has 1 aliphatic rings. The van der Waals surface area contributed by atoms with E-state index in [0.29, 0.717) is 24.0 Å². The quantitative estimate of drug-likeness (QED) is 0.611. The smallest absolute Gasteiger partial charge is 0.336 e. The molecule has 0 bridgehead atoms. The number of nitrogens with one attached hydrogen (secondary N) is 1. The van der Waals surface area contributed by atoms with Gasteiger partial charge in [0.05, 0.1) is 12.0 Å². The van der Waals surface area contributed by atoms with Gasteiger partial charge >= 0.3 is 5.63 Å². The summed E-state index contributed by atoms with van der Waals surface area (Å²) in [4.78, 5) is 34.1. The minimum atomic E-state index is -0.537. The van der Waals surface area contributed by atoms with Crippen LogP contribution in [0, 0.1) is 0 Å². The average Bonchev–Trinajstić information content (AvgIpc) is 2.24. The molecule has 0 atom stereocenters. The maximum absolute atomic E-state index is 11.7. The summed E-state index contributed by atoms with van der Waals surface area (Å²) in [5.41, 5.74) is 0.373. The highest BCUT2D eigenvalue weighted by Gasteiger charge is 2.27. The summed E-state index contributed by atoms with van der Waals surface area (Å²) >= 11 is 0. The van der Waals surface area contributed by atoms with Crippen molar-refractivity contribution in [1.29, 1.82) is 0 Å². The minimum Gasteiger partial charge on any atom is -0.426 e. The molecule has 88 valence electrons. The van der Waals surface area contributed by atoms with Crippen LogP contribution in [0.1, 0.15) is 28.1 Å².